The van der Waals surface area contributed by atoms with Crippen LogP contribution in [0.1, 0.15) is 16.8 Å². The van der Waals surface area contributed by atoms with E-state index >= 15 is 0 Å². The summed E-state index contributed by atoms with van der Waals surface area (Å²) in [6.45, 7) is 0.384. The predicted molar refractivity (Wildman–Crippen MR) is 66.3 cm³/mol. The number of carbonyl (C=O) groups excluding carboxylic acids is 1. The molecule has 1 aromatic carbocycles. The Hall–Kier alpha value is -0.563. The van der Waals surface area contributed by atoms with E-state index < -0.39 is 5.97 Å². The van der Waals surface area contributed by atoms with Gasteiger partial charge in [0.05, 0.1) is 15.7 Å². The standard InChI is InChI=1S/C10H10IO3Si/c11-8-3-2-7(6-9(8)12)10(13)14-4-1-5-15/h2-3,6,12H,1,4-5H2. The lowest BCUT2D eigenvalue weighted by Gasteiger charge is -2.04. The summed E-state index contributed by atoms with van der Waals surface area (Å²) in [6, 6.07) is 5.52. The van der Waals surface area contributed by atoms with E-state index in [1.165, 1.54) is 6.07 Å². The van der Waals surface area contributed by atoms with Gasteiger partial charge in [0.25, 0.3) is 0 Å². The lowest BCUT2D eigenvalue weighted by atomic mass is 10.2. The first-order valence-electron chi connectivity index (χ1n) is 4.45. The van der Waals surface area contributed by atoms with Gasteiger partial charge in [-0.05, 0) is 47.2 Å². The fourth-order valence-electron chi connectivity index (χ4n) is 0.960. The molecule has 3 radical (unpaired) electrons. The van der Waals surface area contributed by atoms with E-state index in [1.54, 1.807) is 12.1 Å². The van der Waals surface area contributed by atoms with Crippen molar-refractivity contribution in [2.24, 2.45) is 0 Å². The molecule has 0 bridgehead atoms. The molecule has 0 atom stereocenters. The van der Waals surface area contributed by atoms with Gasteiger partial charge in [0.1, 0.15) is 5.75 Å². The summed E-state index contributed by atoms with van der Waals surface area (Å²) in [5.41, 5.74) is 0.377. The van der Waals surface area contributed by atoms with Crippen LogP contribution in [0.2, 0.25) is 6.04 Å². The van der Waals surface area contributed by atoms with Crippen molar-refractivity contribution in [3.05, 3.63) is 27.3 Å². The zero-order valence-corrected chi connectivity index (χ0v) is 11.2. The summed E-state index contributed by atoms with van der Waals surface area (Å²) in [5.74, 6) is -0.299. The normalized spacial score (nSPS) is 10.0. The first kappa shape index (κ1) is 12.5. The Labute approximate surface area is 105 Å². The molecule has 5 heteroatoms. The number of phenols is 1. The zero-order valence-electron chi connectivity index (χ0n) is 8.00. The minimum absolute atomic E-state index is 0.102. The minimum Gasteiger partial charge on any atom is -0.507 e. The largest absolute Gasteiger partial charge is 0.507 e. The Kier molecular flexibility index (Phi) is 5.10. The van der Waals surface area contributed by atoms with E-state index in [4.69, 9.17) is 4.74 Å². The lowest BCUT2D eigenvalue weighted by Crippen LogP contribution is -2.06. The van der Waals surface area contributed by atoms with E-state index in [2.05, 4.69) is 10.2 Å². The summed E-state index contributed by atoms with van der Waals surface area (Å²) in [4.78, 5) is 11.4. The van der Waals surface area contributed by atoms with Crippen molar-refractivity contribution in [2.45, 2.75) is 12.5 Å². The highest BCUT2D eigenvalue weighted by atomic mass is 127. The van der Waals surface area contributed by atoms with Gasteiger partial charge in [-0.2, -0.15) is 0 Å². The molecule has 0 fully saturated rings. The van der Waals surface area contributed by atoms with Crippen LogP contribution in [-0.4, -0.2) is 27.9 Å². The van der Waals surface area contributed by atoms with Crippen molar-refractivity contribution in [1.29, 1.82) is 0 Å². The van der Waals surface area contributed by atoms with Gasteiger partial charge < -0.3 is 9.84 Å². The molecule has 0 saturated heterocycles. The summed E-state index contributed by atoms with van der Waals surface area (Å²) in [7, 11) is 3.29. The SMILES string of the molecule is O=C(OCCC[Si])c1ccc(I)c(O)c1. The van der Waals surface area contributed by atoms with E-state index in [9.17, 15) is 9.90 Å². The monoisotopic (exact) mass is 333 g/mol. The molecule has 0 aliphatic rings. The van der Waals surface area contributed by atoms with Crippen LogP contribution in [0.5, 0.6) is 5.75 Å². The number of esters is 1. The molecule has 0 aromatic heterocycles. The summed E-state index contributed by atoms with van der Waals surface area (Å²) in [5, 5.41) is 9.40. The average molecular weight is 333 g/mol. The number of halogens is 1. The van der Waals surface area contributed by atoms with Gasteiger partial charge in [-0.1, -0.05) is 6.04 Å². The molecular formula is C10H10IO3Si. The molecule has 3 nitrogen and oxygen atoms in total. The van der Waals surface area contributed by atoms with Gasteiger partial charge >= 0.3 is 5.97 Å². The highest BCUT2D eigenvalue weighted by Crippen LogP contribution is 2.20. The van der Waals surface area contributed by atoms with Crippen LogP contribution in [0.4, 0.5) is 0 Å². The maximum Gasteiger partial charge on any atom is 0.338 e. The highest BCUT2D eigenvalue weighted by molar-refractivity contribution is 14.1. The number of ether oxygens (including phenoxy) is 1. The lowest BCUT2D eigenvalue weighted by molar-refractivity contribution is 0.0505. The van der Waals surface area contributed by atoms with Crippen LogP contribution in [0, 0.1) is 3.57 Å². The molecular weight excluding hydrogens is 323 g/mol. The number of phenolic OH excluding ortho intramolecular Hbond substituents is 1. The highest BCUT2D eigenvalue weighted by Gasteiger charge is 2.08. The topological polar surface area (TPSA) is 46.5 Å². The Bertz CT molecular complexity index is 355. The predicted octanol–water partition coefficient (Wildman–Crippen LogP) is 2.13. The Morgan fingerprint density at radius 1 is 1.53 bits per heavy atom. The summed E-state index contributed by atoms with van der Waals surface area (Å²) in [6.07, 6.45) is 0.777. The third-order valence-corrected chi connectivity index (χ3v) is 3.00. The van der Waals surface area contributed by atoms with Crippen molar-refractivity contribution in [2.75, 3.05) is 6.61 Å². The van der Waals surface area contributed by atoms with Crippen molar-refractivity contribution in [3.63, 3.8) is 0 Å². The van der Waals surface area contributed by atoms with Crippen LogP contribution in [-0.2, 0) is 4.74 Å². The van der Waals surface area contributed by atoms with Gasteiger partial charge in [0.15, 0.2) is 0 Å². The van der Waals surface area contributed by atoms with Crippen LogP contribution in [0.15, 0.2) is 18.2 Å². The van der Waals surface area contributed by atoms with Crippen molar-refractivity contribution in [3.8, 4) is 5.75 Å². The third kappa shape index (κ3) is 3.82. The molecule has 1 rings (SSSR count). The number of rotatable bonds is 4. The molecule has 0 aliphatic carbocycles. The maximum absolute atomic E-state index is 11.4. The molecule has 0 unspecified atom stereocenters. The zero-order chi connectivity index (χ0) is 11.3. The molecule has 79 valence electrons. The Morgan fingerprint density at radius 3 is 2.87 bits per heavy atom. The molecule has 0 saturated carbocycles. The van der Waals surface area contributed by atoms with E-state index in [0.29, 0.717) is 15.7 Å². The quantitative estimate of drug-likeness (QED) is 0.397. The number of carbonyl (C=O) groups is 1. The van der Waals surface area contributed by atoms with Crippen LogP contribution < -0.4 is 0 Å². The average Bonchev–Trinajstić information content (AvgIpc) is 2.22. The van der Waals surface area contributed by atoms with Crippen LogP contribution >= 0.6 is 22.6 Å². The fraction of sp³-hybridized carbons (Fsp3) is 0.300. The molecule has 0 spiro atoms. The van der Waals surface area contributed by atoms with Crippen LogP contribution in [0.25, 0.3) is 0 Å². The third-order valence-electron chi connectivity index (χ3n) is 1.74. The van der Waals surface area contributed by atoms with Gasteiger partial charge in [-0.3, -0.25) is 0 Å². The molecule has 0 amide bonds. The minimum atomic E-state index is -0.401. The number of benzene rings is 1. The van der Waals surface area contributed by atoms with E-state index in [1.807, 2.05) is 22.6 Å². The first-order valence-corrected chi connectivity index (χ1v) is 6.24. The summed E-state index contributed by atoms with van der Waals surface area (Å²) >= 11 is 1.99. The fourth-order valence-corrected chi connectivity index (χ4v) is 1.44. The maximum atomic E-state index is 11.4. The van der Waals surface area contributed by atoms with E-state index in [0.717, 1.165) is 12.5 Å². The molecule has 15 heavy (non-hydrogen) atoms. The smallest absolute Gasteiger partial charge is 0.338 e. The van der Waals surface area contributed by atoms with Crippen molar-refractivity contribution < 1.29 is 14.6 Å². The van der Waals surface area contributed by atoms with Gasteiger partial charge in [-0.25, -0.2) is 4.79 Å². The molecule has 0 aliphatic heterocycles. The molecule has 1 aromatic rings. The Morgan fingerprint density at radius 2 is 2.27 bits per heavy atom. The van der Waals surface area contributed by atoms with Crippen LogP contribution in [0.3, 0.4) is 0 Å². The first-order chi connectivity index (χ1) is 7.15. The van der Waals surface area contributed by atoms with Crippen molar-refractivity contribution >= 4 is 38.8 Å². The number of aromatic hydroxyl groups is 1. The van der Waals surface area contributed by atoms with Gasteiger partial charge in [0.2, 0.25) is 0 Å². The number of hydrogen-bond acceptors (Lipinski definition) is 3. The second kappa shape index (κ2) is 6.11. The summed E-state index contributed by atoms with van der Waals surface area (Å²) < 4.78 is 5.69. The van der Waals surface area contributed by atoms with Gasteiger partial charge in [0, 0.05) is 10.2 Å². The Balaban J connectivity index is 2.62. The van der Waals surface area contributed by atoms with Crippen molar-refractivity contribution in [1.82, 2.24) is 0 Å². The molecule has 0 heterocycles. The molecule has 1 N–H and O–H groups in total. The van der Waals surface area contributed by atoms with Gasteiger partial charge in [-0.15, -0.1) is 0 Å². The number of hydrogen-bond donors (Lipinski definition) is 1. The second-order valence-corrected chi connectivity index (χ2v) is 4.57. The van der Waals surface area contributed by atoms with E-state index in [-0.39, 0.29) is 5.75 Å². The second-order valence-electron chi connectivity index (χ2n) is 2.91.